The number of hydrogen-bond donors (Lipinski definition) is 0. The topological polar surface area (TPSA) is 57.0 Å². The largest absolute Gasteiger partial charge is 0.497 e. The molecule has 0 N–H and O–H groups in total. The Labute approximate surface area is 162 Å². The number of ketones is 1. The van der Waals surface area contributed by atoms with Crippen LogP contribution in [0, 0.1) is 0 Å². The summed E-state index contributed by atoms with van der Waals surface area (Å²) in [6.07, 6.45) is 2.34. The minimum Gasteiger partial charge on any atom is -0.497 e. The SMILES string of the molecule is COc1ccc(C(=O)CSc2nnc(C3CC3)n2Cc2ccccc2)cc1. The van der Waals surface area contributed by atoms with E-state index in [1.54, 1.807) is 31.4 Å². The molecular weight excluding hydrogens is 358 g/mol. The van der Waals surface area contributed by atoms with Crippen molar-refractivity contribution >= 4 is 17.5 Å². The lowest BCUT2D eigenvalue weighted by Gasteiger charge is -2.10. The number of benzene rings is 2. The van der Waals surface area contributed by atoms with Crippen LogP contribution in [-0.2, 0) is 6.54 Å². The van der Waals surface area contributed by atoms with E-state index in [-0.39, 0.29) is 5.78 Å². The molecular formula is C21H21N3O2S. The molecule has 138 valence electrons. The molecule has 1 aliphatic carbocycles. The summed E-state index contributed by atoms with van der Waals surface area (Å²) in [4.78, 5) is 12.5. The van der Waals surface area contributed by atoms with Crippen molar-refractivity contribution in [3.63, 3.8) is 0 Å². The monoisotopic (exact) mass is 379 g/mol. The molecule has 4 rings (SSSR count). The van der Waals surface area contributed by atoms with Gasteiger partial charge in [0.1, 0.15) is 11.6 Å². The van der Waals surface area contributed by atoms with Gasteiger partial charge in [0.25, 0.3) is 0 Å². The lowest BCUT2D eigenvalue weighted by Crippen LogP contribution is -2.08. The Bertz CT molecular complexity index is 918. The minimum absolute atomic E-state index is 0.0740. The second kappa shape index (κ2) is 7.96. The number of ether oxygens (including phenoxy) is 1. The van der Waals surface area contributed by atoms with Gasteiger partial charge >= 0.3 is 0 Å². The van der Waals surface area contributed by atoms with Crippen molar-refractivity contribution in [1.29, 1.82) is 0 Å². The van der Waals surface area contributed by atoms with Crippen LogP contribution < -0.4 is 4.74 Å². The van der Waals surface area contributed by atoms with E-state index in [0.717, 1.165) is 23.3 Å². The number of carbonyl (C=O) groups excluding carboxylic acids is 1. The van der Waals surface area contributed by atoms with Gasteiger partial charge < -0.3 is 9.30 Å². The molecule has 0 aliphatic heterocycles. The summed E-state index contributed by atoms with van der Waals surface area (Å²) in [6, 6.07) is 17.5. The summed E-state index contributed by atoms with van der Waals surface area (Å²) in [6.45, 7) is 0.735. The second-order valence-electron chi connectivity index (χ2n) is 6.63. The van der Waals surface area contributed by atoms with Crippen LogP contribution in [0.1, 0.15) is 40.5 Å². The molecule has 2 aromatic carbocycles. The number of nitrogens with zero attached hydrogens (tertiary/aromatic N) is 3. The zero-order valence-corrected chi connectivity index (χ0v) is 16.0. The fourth-order valence-electron chi connectivity index (χ4n) is 2.96. The summed E-state index contributed by atoms with van der Waals surface area (Å²) in [5, 5.41) is 9.59. The molecule has 0 amide bonds. The Morgan fingerprint density at radius 3 is 2.52 bits per heavy atom. The Morgan fingerprint density at radius 2 is 1.85 bits per heavy atom. The predicted octanol–water partition coefficient (Wildman–Crippen LogP) is 4.19. The summed E-state index contributed by atoms with van der Waals surface area (Å²) in [5.74, 6) is 2.70. The summed E-state index contributed by atoms with van der Waals surface area (Å²) >= 11 is 1.45. The van der Waals surface area contributed by atoms with Crippen LogP contribution in [0.5, 0.6) is 5.75 Å². The van der Waals surface area contributed by atoms with Crippen LogP contribution in [0.3, 0.4) is 0 Å². The van der Waals surface area contributed by atoms with Crippen molar-refractivity contribution in [2.75, 3.05) is 12.9 Å². The van der Waals surface area contributed by atoms with E-state index >= 15 is 0 Å². The molecule has 0 radical (unpaired) electrons. The number of hydrogen-bond acceptors (Lipinski definition) is 5. The fraction of sp³-hybridized carbons (Fsp3) is 0.286. The molecule has 0 unspecified atom stereocenters. The molecule has 3 aromatic rings. The standard InChI is InChI=1S/C21H21N3O2S/c1-26-18-11-9-16(10-12-18)19(25)14-27-21-23-22-20(17-7-8-17)24(21)13-15-5-3-2-4-6-15/h2-6,9-12,17H,7-8,13-14H2,1H3. The van der Waals surface area contributed by atoms with Gasteiger partial charge in [0, 0.05) is 11.5 Å². The maximum absolute atomic E-state index is 12.5. The molecule has 0 saturated heterocycles. The van der Waals surface area contributed by atoms with E-state index in [0.29, 0.717) is 17.2 Å². The van der Waals surface area contributed by atoms with Crippen molar-refractivity contribution in [3.8, 4) is 5.75 Å². The smallest absolute Gasteiger partial charge is 0.191 e. The Hall–Kier alpha value is -2.60. The molecule has 1 aromatic heterocycles. The Balaban J connectivity index is 1.48. The summed E-state index contributed by atoms with van der Waals surface area (Å²) in [5.41, 5.74) is 1.89. The number of rotatable bonds is 8. The van der Waals surface area contributed by atoms with Crippen LogP contribution in [0.25, 0.3) is 0 Å². The predicted molar refractivity (Wildman–Crippen MR) is 106 cm³/mol. The van der Waals surface area contributed by atoms with Gasteiger partial charge in [-0.1, -0.05) is 42.1 Å². The molecule has 0 atom stereocenters. The van der Waals surface area contributed by atoms with Gasteiger partial charge in [0.05, 0.1) is 19.4 Å². The van der Waals surface area contributed by atoms with E-state index in [2.05, 4.69) is 26.9 Å². The van der Waals surface area contributed by atoms with Crippen LogP contribution in [0.4, 0.5) is 0 Å². The van der Waals surface area contributed by atoms with Gasteiger partial charge in [-0.3, -0.25) is 4.79 Å². The van der Waals surface area contributed by atoms with Gasteiger partial charge in [0.2, 0.25) is 0 Å². The molecule has 0 spiro atoms. The first-order chi connectivity index (χ1) is 13.2. The van der Waals surface area contributed by atoms with Crippen molar-refractivity contribution in [2.45, 2.75) is 30.5 Å². The van der Waals surface area contributed by atoms with Crippen LogP contribution in [0.2, 0.25) is 0 Å². The molecule has 5 nitrogen and oxygen atoms in total. The molecule has 1 saturated carbocycles. The summed E-state index contributed by atoms with van der Waals surface area (Å²) in [7, 11) is 1.61. The number of methoxy groups -OCH3 is 1. The lowest BCUT2D eigenvalue weighted by atomic mass is 10.1. The van der Waals surface area contributed by atoms with E-state index in [1.165, 1.54) is 30.2 Å². The zero-order valence-electron chi connectivity index (χ0n) is 15.2. The molecule has 27 heavy (non-hydrogen) atoms. The summed E-state index contributed by atoms with van der Waals surface area (Å²) < 4.78 is 7.31. The van der Waals surface area contributed by atoms with Crippen molar-refractivity contribution in [1.82, 2.24) is 14.8 Å². The number of aromatic nitrogens is 3. The van der Waals surface area contributed by atoms with Crippen molar-refractivity contribution < 1.29 is 9.53 Å². The van der Waals surface area contributed by atoms with Gasteiger partial charge in [-0.15, -0.1) is 10.2 Å². The average molecular weight is 379 g/mol. The van der Waals surface area contributed by atoms with Gasteiger partial charge in [0.15, 0.2) is 10.9 Å². The molecule has 6 heteroatoms. The highest BCUT2D eigenvalue weighted by molar-refractivity contribution is 7.99. The van der Waals surface area contributed by atoms with Crippen LogP contribution >= 0.6 is 11.8 Å². The first-order valence-electron chi connectivity index (χ1n) is 9.01. The van der Waals surface area contributed by atoms with Gasteiger partial charge in [-0.25, -0.2) is 0 Å². The number of carbonyl (C=O) groups is 1. The van der Waals surface area contributed by atoms with Crippen molar-refractivity contribution in [2.24, 2.45) is 0 Å². The lowest BCUT2D eigenvalue weighted by molar-refractivity contribution is 0.102. The van der Waals surface area contributed by atoms with E-state index in [1.807, 2.05) is 18.2 Å². The molecule has 0 bridgehead atoms. The zero-order chi connectivity index (χ0) is 18.6. The van der Waals surface area contributed by atoms with Crippen LogP contribution in [0.15, 0.2) is 59.8 Å². The van der Waals surface area contributed by atoms with E-state index < -0.39 is 0 Å². The Morgan fingerprint density at radius 1 is 1.11 bits per heavy atom. The normalized spacial score (nSPS) is 13.5. The maximum atomic E-state index is 12.5. The maximum Gasteiger partial charge on any atom is 0.191 e. The average Bonchev–Trinajstić information content (AvgIpc) is 3.49. The molecule has 1 heterocycles. The minimum atomic E-state index is 0.0740. The second-order valence-corrected chi connectivity index (χ2v) is 7.57. The molecule has 1 fully saturated rings. The third-order valence-electron chi connectivity index (χ3n) is 4.62. The quantitative estimate of drug-likeness (QED) is 0.434. The van der Waals surface area contributed by atoms with Gasteiger partial charge in [-0.2, -0.15) is 0 Å². The van der Waals surface area contributed by atoms with Gasteiger partial charge in [-0.05, 0) is 42.7 Å². The highest BCUT2D eigenvalue weighted by Crippen LogP contribution is 2.40. The van der Waals surface area contributed by atoms with Crippen molar-refractivity contribution in [3.05, 3.63) is 71.5 Å². The number of Topliss-reactive ketones (excluding diaryl/α,β-unsaturated/α-hetero) is 1. The first-order valence-corrected chi connectivity index (χ1v) is 10.00. The first kappa shape index (κ1) is 17.8. The fourth-order valence-corrected chi connectivity index (χ4v) is 3.79. The Kier molecular flexibility index (Phi) is 5.25. The number of thioether (sulfide) groups is 1. The van der Waals surface area contributed by atoms with E-state index in [4.69, 9.17) is 4.74 Å². The third-order valence-corrected chi connectivity index (χ3v) is 5.58. The highest BCUT2D eigenvalue weighted by Gasteiger charge is 2.30. The highest BCUT2D eigenvalue weighted by atomic mass is 32.2. The third kappa shape index (κ3) is 4.22. The van der Waals surface area contributed by atoms with Crippen LogP contribution in [-0.4, -0.2) is 33.4 Å². The molecule has 1 aliphatic rings. The van der Waals surface area contributed by atoms with E-state index in [9.17, 15) is 4.79 Å².